The lowest BCUT2D eigenvalue weighted by molar-refractivity contribution is -0.167. The minimum absolute atomic E-state index is 0.0116. The van der Waals surface area contributed by atoms with Crippen molar-refractivity contribution in [1.82, 2.24) is 4.90 Å². The number of carbonyl (C=O) groups is 2. The van der Waals surface area contributed by atoms with Gasteiger partial charge in [-0.1, -0.05) is 0 Å². The Kier molecular flexibility index (Phi) is 4.84. The van der Waals surface area contributed by atoms with Crippen molar-refractivity contribution in [2.45, 2.75) is 24.6 Å². The number of carboxylic acids is 1. The maximum atomic E-state index is 13.3. The fraction of sp³-hybridized carbons (Fsp3) is 0.467. The minimum atomic E-state index is -4.91. The smallest absolute Gasteiger partial charge is 0.419 e. The highest BCUT2D eigenvalue weighted by molar-refractivity contribution is 5.94. The normalized spacial score (nSPS) is 17.6. The van der Waals surface area contributed by atoms with Gasteiger partial charge in [-0.05, 0) is 18.2 Å². The van der Waals surface area contributed by atoms with E-state index in [-0.39, 0.29) is 31.5 Å². The zero-order chi connectivity index (χ0) is 18.1. The topological polar surface area (TPSA) is 66.8 Å². The summed E-state index contributed by atoms with van der Waals surface area (Å²) >= 11 is 0. The number of hydrogen-bond donors (Lipinski definition) is 1. The van der Waals surface area contributed by atoms with Crippen LogP contribution in [0, 0.1) is 5.82 Å². The average molecular weight is 349 g/mol. The first-order valence-electron chi connectivity index (χ1n) is 7.05. The van der Waals surface area contributed by atoms with Gasteiger partial charge in [-0.25, -0.2) is 9.18 Å². The molecule has 9 heteroatoms. The summed E-state index contributed by atoms with van der Waals surface area (Å²) in [6, 6.07) is 2.03. The summed E-state index contributed by atoms with van der Waals surface area (Å²) in [5.41, 5.74) is -3.22. The molecule has 1 aromatic carbocycles. The van der Waals surface area contributed by atoms with Crippen LogP contribution in [0.15, 0.2) is 18.2 Å². The summed E-state index contributed by atoms with van der Waals surface area (Å²) in [5, 5.41) is 9.19. The summed E-state index contributed by atoms with van der Waals surface area (Å²) in [6.07, 6.45) is -4.88. The van der Waals surface area contributed by atoms with E-state index in [0.717, 1.165) is 6.07 Å². The van der Waals surface area contributed by atoms with Gasteiger partial charge < -0.3 is 14.7 Å². The Morgan fingerprint density at radius 2 is 1.83 bits per heavy atom. The second-order valence-electron chi connectivity index (χ2n) is 5.49. The van der Waals surface area contributed by atoms with Gasteiger partial charge in [-0.3, -0.25) is 4.79 Å². The molecule has 0 atom stereocenters. The Balaban J connectivity index is 2.18. The molecule has 0 aromatic heterocycles. The van der Waals surface area contributed by atoms with Crippen LogP contribution >= 0.6 is 0 Å². The first kappa shape index (κ1) is 18.2. The zero-order valence-corrected chi connectivity index (χ0v) is 12.7. The molecule has 1 fully saturated rings. The molecule has 0 bridgehead atoms. The summed E-state index contributed by atoms with van der Waals surface area (Å²) < 4.78 is 56.5. The van der Waals surface area contributed by atoms with Gasteiger partial charge in [0.2, 0.25) is 0 Å². The van der Waals surface area contributed by atoms with Gasteiger partial charge in [-0.2, -0.15) is 13.2 Å². The maximum absolute atomic E-state index is 13.3. The van der Waals surface area contributed by atoms with Crippen LogP contribution in [-0.4, -0.2) is 47.7 Å². The number of likely N-dealkylation sites (tertiary alicyclic amines) is 1. The Morgan fingerprint density at radius 3 is 2.29 bits per heavy atom. The van der Waals surface area contributed by atoms with Crippen LogP contribution in [0.2, 0.25) is 0 Å². The van der Waals surface area contributed by atoms with Gasteiger partial charge >= 0.3 is 12.1 Å². The molecule has 1 amide bonds. The number of carboxylic acid groups (broad SMARTS) is 1. The van der Waals surface area contributed by atoms with Crippen molar-refractivity contribution in [2.24, 2.45) is 0 Å². The Hall–Kier alpha value is -2.16. The van der Waals surface area contributed by atoms with Crippen LogP contribution in [-0.2, 0) is 15.7 Å². The number of ether oxygens (including phenoxy) is 1. The van der Waals surface area contributed by atoms with E-state index >= 15 is 0 Å². The number of carbonyl (C=O) groups excluding carboxylic acids is 1. The lowest BCUT2D eigenvalue weighted by Crippen LogP contribution is -2.52. The number of aliphatic carboxylic acids is 1. The van der Waals surface area contributed by atoms with Crippen molar-refractivity contribution in [3.05, 3.63) is 35.1 Å². The molecule has 0 aliphatic carbocycles. The fourth-order valence-electron chi connectivity index (χ4n) is 2.63. The van der Waals surface area contributed by atoms with Crippen molar-refractivity contribution >= 4 is 11.9 Å². The van der Waals surface area contributed by atoms with Crippen LogP contribution in [0.4, 0.5) is 17.6 Å². The van der Waals surface area contributed by atoms with E-state index in [0.29, 0.717) is 12.1 Å². The minimum Gasteiger partial charge on any atom is -0.479 e. The van der Waals surface area contributed by atoms with Crippen LogP contribution in [0.1, 0.15) is 28.8 Å². The molecule has 1 aromatic rings. The lowest BCUT2D eigenvalue weighted by atomic mass is 9.91. The van der Waals surface area contributed by atoms with E-state index in [2.05, 4.69) is 0 Å². The second kappa shape index (κ2) is 6.39. The van der Waals surface area contributed by atoms with Crippen molar-refractivity contribution in [3.63, 3.8) is 0 Å². The van der Waals surface area contributed by atoms with E-state index < -0.39 is 35.0 Å². The number of alkyl halides is 3. The third-order valence-corrected chi connectivity index (χ3v) is 4.16. The number of amides is 1. The standard InChI is InChI=1S/C15H15F4NO4/c1-24-14(13(22)23)4-6-20(7-5-14)12(21)9-2-3-11(16)10(8-9)15(17,18)19/h2-3,8H,4-7H2,1H3,(H,22,23). The molecular formula is C15H15F4NO4. The number of methoxy groups -OCH3 is 1. The largest absolute Gasteiger partial charge is 0.479 e. The molecule has 0 unspecified atom stereocenters. The van der Waals surface area contributed by atoms with E-state index in [1.54, 1.807) is 0 Å². The third-order valence-electron chi connectivity index (χ3n) is 4.16. The number of nitrogens with zero attached hydrogens (tertiary/aromatic N) is 1. The van der Waals surface area contributed by atoms with Gasteiger partial charge in [-0.15, -0.1) is 0 Å². The number of hydrogen-bond acceptors (Lipinski definition) is 3. The first-order valence-corrected chi connectivity index (χ1v) is 7.05. The van der Waals surface area contributed by atoms with Gasteiger partial charge in [0.25, 0.3) is 5.91 Å². The van der Waals surface area contributed by atoms with E-state index in [9.17, 15) is 32.3 Å². The van der Waals surface area contributed by atoms with E-state index in [4.69, 9.17) is 4.74 Å². The van der Waals surface area contributed by atoms with Crippen molar-refractivity contribution in [1.29, 1.82) is 0 Å². The van der Waals surface area contributed by atoms with Crippen LogP contribution in [0.3, 0.4) is 0 Å². The summed E-state index contributed by atoms with van der Waals surface area (Å²) in [6.45, 7) is 0.0232. The van der Waals surface area contributed by atoms with Crippen molar-refractivity contribution in [2.75, 3.05) is 20.2 Å². The molecule has 0 radical (unpaired) electrons. The molecule has 132 valence electrons. The molecule has 1 heterocycles. The SMILES string of the molecule is COC1(C(=O)O)CCN(C(=O)c2ccc(F)c(C(F)(F)F)c2)CC1. The molecule has 5 nitrogen and oxygen atoms in total. The second-order valence-corrected chi connectivity index (χ2v) is 5.49. The van der Waals surface area contributed by atoms with E-state index in [1.165, 1.54) is 12.0 Å². The summed E-state index contributed by atoms with van der Waals surface area (Å²) in [4.78, 5) is 24.8. The number of piperidine rings is 1. The third kappa shape index (κ3) is 3.35. The monoisotopic (exact) mass is 349 g/mol. The number of rotatable bonds is 3. The summed E-state index contributed by atoms with van der Waals surface area (Å²) in [7, 11) is 1.25. The zero-order valence-electron chi connectivity index (χ0n) is 12.7. The molecule has 1 aliphatic rings. The molecular weight excluding hydrogens is 334 g/mol. The molecule has 24 heavy (non-hydrogen) atoms. The van der Waals surface area contributed by atoms with Crippen molar-refractivity contribution < 1.29 is 37.0 Å². The molecule has 1 saturated heterocycles. The molecule has 2 rings (SSSR count). The lowest BCUT2D eigenvalue weighted by Gasteiger charge is -2.37. The highest BCUT2D eigenvalue weighted by Crippen LogP contribution is 2.33. The average Bonchev–Trinajstić information content (AvgIpc) is 2.53. The van der Waals surface area contributed by atoms with E-state index in [1.807, 2.05) is 0 Å². The molecule has 0 saturated carbocycles. The van der Waals surface area contributed by atoms with Crippen LogP contribution in [0.5, 0.6) is 0 Å². The van der Waals surface area contributed by atoms with Crippen LogP contribution < -0.4 is 0 Å². The quantitative estimate of drug-likeness (QED) is 0.852. The van der Waals surface area contributed by atoms with Gasteiger partial charge in [0.05, 0.1) is 5.56 Å². The fourth-order valence-corrected chi connectivity index (χ4v) is 2.63. The first-order chi connectivity index (χ1) is 11.1. The molecule has 0 spiro atoms. The van der Waals surface area contributed by atoms with Crippen LogP contribution in [0.25, 0.3) is 0 Å². The van der Waals surface area contributed by atoms with Gasteiger partial charge in [0.15, 0.2) is 5.60 Å². The predicted octanol–water partition coefficient (Wildman–Crippen LogP) is 2.55. The highest BCUT2D eigenvalue weighted by Gasteiger charge is 2.43. The summed E-state index contributed by atoms with van der Waals surface area (Å²) in [5.74, 6) is -3.32. The Labute approximate surface area is 134 Å². The number of halogens is 4. The van der Waals surface area contributed by atoms with Crippen molar-refractivity contribution in [3.8, 4) is 0 Å². The number of benzene rings is 1. The predicted molar refractivity (Wildman–Crippen MR) is 73.9 cm³/mol. The molecule has 1 aliphatic heterocycles. The van der Waals surface area contributed by atoms with Gasteiger partial charge in [0.1, 0.15) is 5.82 Å². The maximum Gasteiger partial charge on any atom is 0.419 e. The highest BCUT2D eigenvalue weighted by atomic mass is 19.4. The molecule has 1 N–H and O–H groups in total. The Bertz CT molecular complexity index is 651. The van der Waals surface area contributed by atoms with Gasteiger partial charge in [0, 0.05) is 38.6 Å². The Morgan fingerprint density at radius 1 is 1.25 bits per heavy atom.